The van der Waals surface area contributed by atoms with Crippen molar-refractivity contribution in [3.05, 3.63) is 23.2 Å². The summed E-state index contributed by atoms with van der Waals surface area (Å²) in [5.74, 6) is -1.02. The number of morpholine rings is 1. The monoisotopic (exact) mass is 270 g/mol. The number of carbonyl (C=O) groups is 2. The molecule has 0 bridgehead atoms. The van der Waals surface area contributed by atoms with Gasteiger partial charge in [-0.25, -0.2) is 9.97 Å². The van der Waals surface area contributed by atoms with Crippen LogP contribution < -0.4 is 5.73 Å². The summed E-state index contributed by atoms with van der Waals surface area (Å²) in [6.45, 7) is 0.745. The molecule has 1 aliphatic heterocycles. The fraction of sp³-hybridized carbons (Fsp3) is 0.400. The number of hydrogen-bond acceptors (Lipinski definition) is 5. The van der Waals surface area contributed by atoms with E-state index in [1.807, 2.05) is 0 Å². The molecular formula is C10H11ClN4O3. The standard InChI is InChI=1S/C10H11ClN4O3/c11-8-4-13-6(3-14-8)10(17)15-1-2-18-5-7(15)9(12)16/h3-4,7H,1-2,5H2,(H2,12,16). The van der Waals surface area contributed by atoms with E-state index in [0.29, 0.717) is 6.61 Å². The third kappa shape index (κ3) is 2.57. The minimum absolute atomic E-state index is 0.0993. The largest absolute Gasteiger partial charge is 0.377 e. The molecule has 8 heteroatoms. The minimum atomic E-state index is -0.774. The normalized spacial score (nSPS) is 19.6. The Morgan fingerprint density at radius 3 is 2.83 bits per heavy atom. The Bertz CT molecular complexity index is 465. The van der Waals surface area contributed by atoms with Crippen molar-refractivity contribution in [3.63, 3.8) is 0 Å². The van der Waals surface area contributed by atoms with Gasteiger partial charge < -0.3 is 15.4 Å². The number of carbonyl (C=O) groups excluding carboxylic acids is 2. The van der Waals surface area contributed by atoms with Gasteiger partial charge in [0, 0.05) is 6.54 Å². The van der Waals surface area contributed by atoms with Crippen LogP contribution in [0.4, 0.5) is 0 Å². The summed E-state index contributed by atoms with van der Waals surface area (Å²) in [5.41, 5.74) is 5.35. The molecule has 7 nitrogen and oxygen atoms in total. The van der Waals surface area contributed by atoms with Crippen LogP contribution in [0.3, 0.4) is 0 Å². The van der Waals surface area contributed by atoms with E-state index >= 15 is 0 Å². The van der Waals surface area contributed by atoms with Crippen LogP contribution in [0.25, 0.3) is 0 Å². The van der Waals surface area contributed by atoms with Gasteiger partial charge in [0.05, 0.1) is 25.6 Å². The van der Waals surface area contributed by atoms with Gasteiger partial charge in [-0.2, -0.15) is 0 Å². The Morgan fingerprint density at radius 2 is 2.22 bits per heavy atom. The van der Waals surface area contributed by atoms with Crippen molar-refractivity contribution in [1.82, 2.24) is 14.9 Å². The van der Waals surface area contributed by atoms with Gasteiger partial charge in [-0.1, -0.05) is 11.6 Å². The van der Waals surface area contributed by atoms with Crippen molar-refractivity contribution < 1.29 is 14.3 Å². The number of halogens is 1. The maximum absolute atomic E-state index is 12.1. The van der Waals surface area contributed by atoms with Gasteiger partial charge in [0.1, 0.15) is 16.9 Å². The lowest BCUT2D eigenvalue weighted by Gasteiger charge is -2.33. The molecule has 2 heterocycles. The first kappa shape index (κ1) is 12.7. The second kappa shape index (κ2) is 5.28. The van der Waals surface area contributed by atoms with Crippen LogP contribution >= 0.6 is 11.6 Å². The van der Waals surface area contributed by atoms with Gasteiger partial charge in [-0.15, -0.1) is 0 Å². The predicted molar refractivity (Wildman–Crippen MR) is 61.9 cm³/mol. The highest BCUT2D eigenvalue weighted by molar-refractivity contribution is 6.29. The molecule has 0 saturated carbocycles. The van der Waals surface area contributed by atoms with E-state index in [0.717, 1.165) is 0 Å². The molecule has 1 aromatic heterocycles. The fourth-order valence-corrected chi connectivity index (χ4v) is 1.75. The van der Waals surface area contributed by atoms with Crippen LogP contribution in [0.15, 0.2) is 12.4 Å². The number of hydrogen-bond donors (Lipinski definition) is 1. The number of amides is 2. The van der Waals surface area contributed by atoms with Crippen molar-refractivity contribution in [3.8, 4) is 0 Å². The Hall–Kier alpha value is -1.73. The minimum Gasteiger partial charge on any atom is -0.377 e. The number of ether oxygens (including phenoxy) is 1. The van der Waals surface area contributed by atoms with Crippen LogP contribution in [0.5, 0.6) is 0 Å². The number of primary amides is 1. The molecule has 96 valence electrons. The highest BCUT2D eigenvalue weighted by Crippen LogP contribution is 2.11. The molecule has 2 rings (SSSR count). The van der Waals surface area contributed by atoms with Crippen LogP contribution in [0.1, 0.15) is 10.5 Å². The summed E-state index contributed by atoms with van der Waals surface area (Å²) in [6, 6.07) is -0.774. The van der Waals surface area contributed by atoms with Gasteiger partial charge in [-0.05, 0) is 0 Å². The van der Waals surface area contributed by atoms with E-state index in [1.54, 1.807) is 0 Å². The van der Waals surface area contributed by atoms with Crippen molar-refractivity contribution in [2.24, 2.45) is 5.73 Å². The molecule has 0 spiro atoms. The van der Waals surface area contributed by atoms with Crippen LogP contribution in [0, 0.1) is 0 Å². The van der Waals surface area contributed by atoms with E-state index in [2.05, 4.69) is 9.97 Å². The Morgan fingerprint density at radius 1 is 1.44 bits per heavy atom. The molecule has 1 saturated heterocycles. The topological polar surface area (TPSA) is 98.4 Å². The summed E-state index contributed by atoms with van der Waals surface area (Å²) in [6.07, 6.45) is 2.53. The van der Waals surface area contributed by atoms with Gasteiger partial charge in [0.25, 0.3) is 5.91 Å². The van der Waals surface area contributed by atoms with E-state index in [-0.39, 0.29) is 24.0 Å². The summed E-state index contributed by atoms with van der Waals surface area (Å²) < 4.78 is 5.13. The molecule has 1 fully saturated rings. The summed E-state index contributed by atoms with van der Waals surface area (Å²) in [7, 11) is 0. The van der Waals surface area contributed by atoms with Gasteiger partial charge >= 0.3 is 0 Å². The Balaban J connectivity index is 2.20. The third-order valence-corrected chi connectivity index (χ3v) is 2.75. The van der Waals surface area contributed by atoms with Crippen LogP contribution in [-0.4, -0.2) is 52.5 Å². The zero-order valence-electron chi connectivity index (χ0n) is 9.38. The van der Waals surface area contributed by atoms with Gasteiger partial charge in [-0.3, -0.25) is 9.59 Å². The van der Waals surface area contributed by atoms with Crippen molar-refractivity contribution in [1.29, 1.82) is 0 Å². The summed E-state index contributed by atoms with van der Waals surface area (Å²) >= 11 is 5.59. The molecule has 0 aromatic carbocycles. The molecule has 1 unspecified atom stereocenters. The maximum atomic E-state index is 12.1. The van der Waals surface area contributed by atoms with Crippen molar-refractivity contribution in [2.75, 3.05) is 19.8 Å². The second-order valence-electron chi connectivity index (χ2n) is 3.72. The molecule has 0 radical (unpaired) electrons. The lowest BCUT2D eigenvalue weighted by Crippen LogP contribution is -2.54. The second-order valence-corrected chi connectivity index (χ2v) is 4.10. The Labute approximate surface area is 108 Å². The molecule has 2 N–H and O–H groups in total. The average Bonchev–Trinajstić information content (AvgIpc) is 2.39. The number of nitrogens with zero attached hydrogens (tertiary/aromatic N) is 3. The quantitative estimate of drug-likeness (QED) is 0.778. The molecule has 1 aromatic rings. The smallest absolute Gasteiger partial charge is 0.274 e. The number of rotatable bonds is 2. The fourth-order valence-electron chi connectivity index (χ4n) is 1.65. The highest BCUT2D eigenvalue weighted by atomic mass is 35.5. The van der Waals surface area contributed by atoms with Gasteiger partial charge in [0.15, 0.2) is 0 Å². The first-order valence-electron chi connectivity index (χ1n) is 5.25. The van der Waals surface area contributed by atoms with E-state index in [4.69, 9.17) is 22.1 Å². The SMILES string of the molecule is NC(=O)C1COCCN1C(=O)c1cnc(Cl)cn1. The van der Waals surface area contributed by atoms with Crippen LogP contribution in [-0.2, 0) is 9.53 Å². The first-order chi connectivity index (χ1) is 8.59. The molecular weight excluding hydrogens is 260 g/mol. The first-order valence-corrected chi connectivity index (χ1v) is 5.63. The van der Waals surface area contributed by atoms with Crippen LogP contribution in [0.2, 0.25) is 5.15 Å². The van der Waals surface area contributed by atoms with E-state index in [1.165, 1.54) is 17.3 Å². The van der Waals surface area contributed by atoms with E-state index < -0.39 is 17.9 Å². The third-order valence-electron chi connectivity index (χ3n) is 2.56. The maximum Gasteiger partial charge on any atom is 0.274 e. The lowest BCUT2D eigenvalue weighted by atomic mass is 10.2. The Kier molecular flexibility index (Phi) is 3.73. The predicted octanol–water partition coefficient (Wildman–Crippen LogP) is -0.544. The molecule has 1 atom stereocenters. The molecule has 0 aliphatic carbocycles. The molecule has 18 heavy (non-hydrogen) atoms. The van der Waals surface area contributed by atoms with Gasteiger partial charge in [0.2, 0.25) is 5.91 Å². The molecule has 1 aliphatic rings. The average molecular weight is 271 g/mol. The zero-order chi connectivity index (χ0) is 13.1. The number of aromatic nitrogens is 2. The zero-order valence-corrected chi connectivity index (χ0v) is 10.1. The number of nitrogens with two attached hydrogens (primary N) is 1. The van der Waals surface area contributed by atoms with Crippen molar-refractivity contribution in [2.45, 2.75) is 6.04 Å². The van der Waals surface area contributed by atoms with Crippen molar-refractivity contribution >= 4 is 23.4 Å². The summed E-state index contributed by atoms with van der Waals surface area (Å²) in [4.78, 5) is 32.4. The van der Waals surface area contributed by atoms with E-state index in [9.17, 15) is 9.59 Å². The lowest BCUT2D eigenvalue weighted by molar-refractivity contribution is -0.127. The highest BCUT2D eigenvalue weighted by Gasteiger charge is 2.32. The summed E-state index contributed by atoms with van der Waals surface area (Å²) in [5, 5.41) is 0.194. The molecule has 2 amide bonds.